The lowest BCUT2D eigenvalue weighted by Crippen LogP contribution is -2.63. The van der Waals surface area contributed by atoms with Gasteiger partial charge >= 0.3 is 5.97 Å². The highest BCUT2D eigenvalue weighted by Crippen LogP contribution is 2.46. The minimum atomic E-state index is -1.17. The van der Waals surface area contributed by atoms with E-state index in [1.54, 1.807) is 13.8 Å². The fraction of sp³-hybridized carbons (Fsp3) is 0.952. The van der Waals surface area contributed by atoms with Crippen molar-refractivity contribution in [3.8, 4) is 0 Å². The maximum absolute atomic E-state index is 12.2. The second-order valence-corrected chi connectivity index (χ2v) is 9.35. The minimum absolute atomic E-state index is 0.0660. The quantitative estimate of drug-likeness (QED) is 0.448. The molecule has 0 radical (unpaired) electrons. The summed E-state index contributed by atoms with van der Waals surface area (Å²) in [6.45, 7) is 13.8. The number of rotatable bonds is 8. The molecule has 2 aliphatic rings. The van der Waals surface area contributed by atoms with Gasteiger partial charge in [-0.2, -0.15) is 0 Å². The van der Waals surface area contributed by atoms with Crippen LogP contribution in [0.5, 0.6) is 0 Å². The van der Waals surface area contributed by atoms with Gasteiger partial charge < -0.3 is 14.2 Å². The SMILES string of the molecule is COC(C)(C)OC(=O)CCC1(OC2CC(C)CCC2C(C)C)OC(C)(C)O1. The summed E-state index contributed by atoms with van der Waals surface area (Å²) in [4.78, 5) is 12.2. The van der Waals surface area contributed by atoms with E-state index in [1.165, 1.54) is 13.5 Å². The largest absolute Gasteiger partial charge is 0.434 e. The van der Waals surface area contributed by atoms with Crippen LogP contribution >= 0.6 is 0 Å². The maximum atomic E-state index is 12.2. The molecule has 1 aliphatic heterocycles. The highest BCUT2D eigenvalue weighted by atomic mass is 17.0. The molecule has 2 rings (SSSR count). The number of ether oxygens (including phenoxy) is 5. The molecule has 3 unspecified atom stereocenters. The van der Waals surface area contributed by atoms with E-state index in [0.29, 0.717) is 24.2 Å². The predicted molar refractivity (Wildman–Crippen MR) is 102 cm³/mol. The third kappa shape index (κ3) is 6.14. The summed E-state index contributed by atoms with van der Waals surface area (Å²) in [5.74, 6) is -1.58. The van der Waals surface area contributed by atoms with Crippen molar-refractivity contribution in [3.05, 3.63) is 0 Å². The lowest BCUT2D eigenvalue weighted by Gasteiger charge is -2.54. The first-order valence-corrected chi connectivity index (χ1v) is 10.2. The normalized spacial score (nSPS) is 30.0. The number of hydrogen-bond donors (Lipinski definition) is 0. The predicted octanol–water partition coefficient (Wildman–Crippen LogP) is 4.61. The molecular formula is C21H38O6. The Morgan fingerprint density at radius 1 is 1.22 bits per heavy atom. The number of methoxy groups -OCH3 is 1. The molecule has 0 spiro atoms. The van der Waals surface area contributed by atoms with E-state index in [-0.39, 0.29) is 18.5 Å². The molecule has 0 aromatic heterocycles. The van der Waals surface area contributed by atoms with Gasteiger partial charge in [-0.05, 0) is 44.4 Å². The molecule has 27 heavy (non-hydrogen) atoms. The number of hydrogen-bond acceptors (Lipinski definition) is 6. The van der Waals surface area contributed by atoms with E-state index in [0.717, 1.165) is 12.8 Å². The second-order valence-electron chi connectivity index (χ2n) is 9.35. The van der Waals surface area contributed by atoms with Crippen LogP contribution in [0.1, 0.15) is 80.6 Å². The van der Waals surface area contributed by atoms with Gasteiger partial charge in [-0.15, -0.1) is 0 Å². The molecule has 0 aromatic carbocycles. The van der Waals surface area contributed by atoms with Gasteiger partial charge in [0.1, 0.15) is 0 Å². The first-order valence-electron chi connectivity index (χ1n) is 10.2. The minimum Gasteiger partial charge on any atom is -0.434 e. The average Bonchev–Trinajstić information content (AvgIpc) is 2.50. The summed E-state index contributed by atoms with van der Waals surface area (Å²) < 4.78 is 28.9. The van der Waals surface area contributed by atoms with Gasteiger partial charge in [0.25, 0.3) is 5.97 Å². The van der Waals surface area contributed by atoms with Crippen molar-refractivity contribution in [1.82, 2.24) is 0 Å². The van der Waals surface area contributed by atoms with E-state index in [4.69, 9.17) is 23.7 Å². The summed E-state index contributed by atoms with van der Waals surface area (Å²) in [5.41, 5.74) is 0. The van der Waals surface area contributed by atoms with Crippen LogP contribution < -0.4 is 0 Å². The lowest BCUT2D eigenvalue weighted by atomic mass is 9.75. The van der Waals surface area contributed by atoms with E-state index in [1.807, 2.05) is 13.8 Å². The van der Waals surface area contributed by atoms with Crippen molar-refractivity contribution < 1.29 is 28.5 Å². The molecular weight excluding hydrogens is 348 g/mol. The molecule has 6 heteroatoms. The van der Waals surface area contributed by atoms with Crippen LogP contribution in [0, 0.1) is 17.8 Å². The summed E-state index contributed by atoms with van der Waals surface area (Å²) in [6.07, 6.45) is 3.85. The molecule has 3 atom stereocenters. The molecule has 6 nitrogen and oxygen atoms in total. The molecule has 2 fully saturated rings. The Morgan fingerprint density at radius 2 is 1.85 bits per heavy atom. The molecule has 1 saturated heterocycles. The molecule has 1 saturated carbocycles. The third-order valence-electron chi connectivity index (χ3n) is 5.58. The number of carbonyl (C=O) groups is 1. The topological polar surface area (TPSA) is 63.2 Å². The first-order chi connectivity index (χ1) is 12.4. The summed E-state index contributed by atoms with van der Waals surface area (Å²) >= 11 is 0. The molecule has 0 amide bonds. The van der Waals surface area contributed by atoms with Crippen LogP contribution in [-0.2, 0) is 28.5 Å². The summed E-state index contributed by atoms with van der Waals surface area (Å²) in [6, 6.07) is 0. The van der Waals surface area contributed by atoms with Gasteiger partial charge in [-0.3, -0.25) is 14.3 Å². The van der Waals surface area contributed by atoms with Gasteiger partial charge in [0.2, 0.25) is 5.79 Å². The van der Waals surface area contributed by atoms with Crippen LogP contribution in [-0.4, -0.2) is 36.7 Å². The fourth-order valence-corrected chi connectivity index (χ4v) is 4.07. The van der Waals surface area contributed by atoms with Crippen molar-refractivity contribution in [2.75, 3.05) is 7.11 Å². The summed E-state index contributed by atoms with van der Waals surface area (Å²) in [5, 5.41) is 0. The van der Waals surface area contributed by atoms with Crippen LogP contribution in [0.2, 0.25) is 0 Å². The second kappa shape index (κ2) is 8.36. The van der Waals surface area contributed by atoms with E-state index in [9.17, 15) is 4.79 Å². The van der Waals surface area contributed by atoms with Gasteiger partial charge in [0.05, 0.1) is 12.5 Å². The fourth-order valence-electron chi connectivity index (χ4n) is 4.07. The van der Waals surface area contributed by atoms with Gasteiger partial charge in [0, 0.05) is 27.4 Å². The third-order valence-corrected chi connectivity index (χ3v) is 5.58. The van der Waals surface area contributed by atoms with E-state index >= 15 is 0 Å². The zero-order valence-corrected chi connectivity index (χ0v) is 18.3. The van der Waals surface area contributed by atoms with Crippen LogP contribution in [0.4, 0.5) is 0 Å². The van der Waals surface area contributed by atoms with Crippen molar-refractivity contribution >= 4 is 5.97 Å². The van der Waals surface area contributed by atoms with Crippen molar-refractivity contribution in [2.45, 2.75) is 104 Å². The van der Waals surface area contributed by atoms with E-state index < -0.39 is 17.5 Å². The zero-order chi connectivity index (χ0) is 20.5. The Morgan fingerprint density at radius 3 is 2.37 bits per heavy atom. The molecule has 158 valence electrons. The van der Waals surface area contributed by atoms with Gasteiger partial charge in [-0.25, -0.2) is 0 Å². The molecule has 0 aromatic rings. The van der Waals surface area contributed by atoms with Gasteiger partial charge in [0.15, 0.2) is 5.79 Å². The highest BCUT2D eigenvalue weighted by Gasteiger charge is 2.56. The Labute approximate surface area is 164 Å². The van der Waals surface area contributed by atoms with Crippen molar-refractivity contribution in [3.63, 3.8) is 0 Å². The Balaban J connectivity index is 2.02. The first kappa shape index (κ1) is 22.6. The van der Waals surface area contributed by atoms with E-state index in [2.05, 4.69) is 20.8 Å². The van der Waals surface area contributed by atoms with Crippen LogP contribution in [0.25, 0.3) is 0 Å². The molecule has 0 bridgehead atoms. The molecule has 1 aliphatic carbocycles. The average molecular weight is 387 g/mol. The zero-order valence-electron chi connectivity index (χ0n) is 18.3. The smallest absolute Gasteiger partial charge is 0.308 e. The number of carbonyl (C=O) groups excluding carboxylic acids is 1. The molecule has 1 heterocycles. The highest BCUT2D eigenvalue weighted by molar-refractivity contribution is 5.69. The van der Waals surface area contributed by atoms with Crippen LogP contribution in [0.3, 0.4) is 0 Å². The van der Waals surface area contributed by atoms with Crippen molar-refractivity contribution in [2.24, 2.45) is 17.8 Å². The van der Waals surface area contributed by atoms with Crippen molar-refractivity contribution in [1.29, 1.82) is 0 Å². The lowest BCUT2D eigenvalue weighted by molar-refractivity contribution is -0.586. The maximum Gasteiger partial charge on any atom is 0.308 e. The Kier molecular flexibility index (Phi) is 6.99. The summed E-state index contributed by atoms with van der Waals surface area (Å²) in [7, 11) is 1.51. The monoisotopic (exact) mass is 386 g/mol. The standard InChI is InChI=1S/C21H38O6/c1-14(2)16-10-9-15(3)13-17(16)24-21(26-20(6,7)27-21)12-11-18(22)25-19(4,5)23-8/h14-17H,9-13H2,1-8H3. The molecule has 0 N–H and O–H groups in total. The Bertz CT molecular complexity index is 505. The number of esters is 1. The van der Waals surface area contributed by atoms with Gasteiger partial charge in [-0.1, -0.05) is 27.2 Å². The Hall–Kier alpha value is -0.690. The van der Waals surface area contributed by atoms with Crippen LogP contribution in [0.15, 0.2) is 0 Å².